The highest BCUT2D eigenvalue weighted by atomic mass is 16.5. The standard InChI is InChI=1S/C13H20N4O4/c1-21-12-15-11(16-17-12)14-9(18)8-13(10(19)20)6-4-2-3-5-7-13/h2-8H2,1H3,(H,19,20)(H2,14,15,16,17,18). The molecular formula is C13H20N4O4. The molecular weight excluding hydrogens is 276 g/mol. The molecule has 116 valence electrons. The van der Waals surface area contributed by atoms with Crippen molar-refractivity contribution in [1.29, 1.82) is 0 Å². The van der Waals surface area contributed by atoms with E-state index in [1.807, 2.05) is 0 Å². The molecule has 0 aromatic carbocycles. The van der Waals surface area contributed by atoms with Crippen LogP contribution >= 0.6 is 0 Å². The summed E-state index contributed by atoms with van der Waals surface area (Å²) in [5, 5.41) is 18.3. The molecule has 0 radical (unpaired) electrons. The van der Waals surface area contributed by atoms with Crippen LogP contribution < -0.4 is 10.1 Å². The van der Waals surface area contributed by atoms with Gasteiger partial charge in [0.25, 0.3) is 0 Å². The fraction of sp³-hybridized carbons (Fsp3) is 0.692. The van der Waals surface area contributed by atoms with Gasteiger partial charge in [0, 0.05) is 6.42 Å². The van der Waals surface area contributed by atoms with Gasteiger partial charge in [-0.1, -0.05) is 25.7 Å². The molecule has 1 saturated carbocycles. The minimum Gasteiger partial charge on any atom is -0.481 e. The molecule has 0 bridgehead atoms. The third-order valence-electron chi connectivity index (χ3n) is 3.92. The van der Waals surface area contributed by atoms with Gasteiger partial charge < -0.3 is 9.84 Å². The number of ether oxygens (including phenoxy) is 1. The topological polar surface area (TPSA) is 117 Å². The average molecular weight is 296 g/mol. The average Bonchev–Trinajstić information content (AvgIpc) is 2.75. The lowest BCUT2D eigenvalue weighted by molar-refractivity contribution is -0.152. The van der Waals surface area contributed by atoms with E-state index >= 15 is 0 Å². The zero-order valence-electron chi connectivity index (χ0n) is 12.0. The lowest BCUT2D eigenvalue weighted by Crippen LogP contribution is -2.35. The molecule has 0 unspecified atom stereocenters. The zero-order chi connectivity index (χ0) is 15.3. The number of amides is 1. The van der Waals surface area contributed by atoms with E-state index in [4.69, 9.17) is 4.74 Å². The molecule has 1 aliphatic carbocycles. The molecule has 0 spiro atoms. The third-order valence-corrected chi connectivity index (χ3v) is 3.92. The maximum absolute atomic E-state index is 12.1. The van der Waals surface area contributed by atoms with Crippen molar-refractivity contribution < 1.29 is 19.4 Å². The van der Waals surface area contributed by atoms with Crippen molar-refractivity contribution in [2.45, 2.75) is 44.9 Å². The molecule has 0 saturated heterocycles. The monoisotopic (exact) mass is 296 g/mol. The number of nitrogens with one attached hydrogen (secondary N) is 2. The summed E-state index contributed by atoms with van der Waals surface area (Å²) in [6.45, 7) is 0. The molecule has 8 heteroatoms. The van der Waals surface area contributed by atoms with Crippen LogP contribution in [0, 0.1) is 5.41 Å². The van der Waals surface area contributed by atoms with Crippen LogP contribution in [0.25, 0.3) is 0 Å². The summed E-state index contributed by atoms with van der Waals surface area (Å²) in [5.74, 6) is -1.11. The van der Waals surface area contributed by atoms with E-state index in [0.717, 1.165) is 25.7 Å². The summed E-state index contributed by atoms with van der Waals surface area (Å²) < 4.78 is 4.80. The van der Waals surface area contributed by atoms with Gasteiger partial charge >= 0.3 is 12.0 Å². The second-order valence-corrected chi connectivity index (χ2v) is 5.40. The number of hydrogen-bond donors (Lipinski definition) is 3. The van der Waals surface area contributed by atoms with Gasteiger partial charge in [-0.15, -0.1) is 5.10 Å². The molecule has 8 nitrogen and oxygen atoms in total. The van der Waals surface area contributed by atoms with E-state index in [0.29, 0.717) is 12.8 Å². The fourth-order valence-electron chi connectivity index (χ4n) is 2.75. The Morgan fingerprint density at radius 1 is 1.33 bits per heavy atom. The predicted molar refractivity (Wildman–Crippen MR) is 74.0 cm³/mol. The number of rotatable bonds is 5. The van der Waals surface area contributed by atoms with Gasteiger partial charge in [0.15, 0.2) is 0 Å². The van der Waals surface area contributed by atoms with Crippen LogP contribution in [0.1, 0.15) is 44.9 Å². The third kappa shape index (κ3) is 3.71. The Labute approximate surface area is 122 Å². The summed E-state index contributed by atoms with van der Waals surface area (Å²) in [4.78, 5) is 27.6. The summed E-state index contributed by atoms with van der Waals surface area (Å²) >= 11 is 0. The quantitative estimate of drug-likeness (QED) is 0.710. The highest BCUT2D eigenvalue weighted by Crippen LogP contribution is 2.38. The second-order valence-electron chi connectivity index (χ2n) is 5.40. The van der Waals surface area contributed by atoms with Gasteiger partial charge in [0.2, 0.25) is 11.9 Å². The number of carbonyl (C=O) groups excluding carboxylic acids is 1. The number of aromatic nitrogens is 3. The number of H-pyrrole nitrogens is 1. The molecule has 1 fully saturated rings. The maximum Gasteiger partial charge on any atom is 0.336 e. The van der Waals surface area contributed by atoms with E-state index < -0.39 is 11.4 Å². The molecule has 1 aromatic heterocycles. The van der Waals surface area contributed by atoms with Gasteiger partial charge in [-0.25, -0.2) is 5.10 Å². The molecule has 3 N–H and O–H groups in total. The first-order valence-electron chi connectivity index (χ1n) is 7.05. The van der Waals surface area contributed by atoms with Crippen LogP contribution in [-0.4, -0.2) is 39.3 Å². The van der Waals surface area contributed by atoms with Crippen molar-refractivity contribution in [2.75, 3.05) is 12.4 Å². The smallest absolute Gasteiger partial charge is 0.336 e. The molecule has 0 atom stereocenters. The number of anilines is 1. The van der Waals surface area contributed by atoms with Gasteiger partial charge in [0.05, 0.1) is 12.5 Å². The number of carboxylic acids is 1. The Kier molecular flexibility index (Phi) is 4.77. The Bertz CT molecular complexity index is 506. The van der Waals surface area contributed by atoms with Crippen molar-refractivity contribution in [2.24, 2.45) is 5.41 Å². The normalized spacial score (nSPS) is 17.8. The van der Waals surface area contributed by atoms with E-state index in [9.17, 15) is 14.7 Å². The molecule has 2 rings (SSSR count). The highest BCUT2D eigenvalue weighted by molar-refractivity contribution is 5.93. The highest BCUT2D eigenvalue weighted by Gasteiger charge is 2.40. The first-order valence-corrected chi connectivity index (χ1v) is 7.05. The van der Waals surface area contributed by atoms with Crippen LogP contribution in [-0.2, 0) is 9.59 Å². The largest absolute Gasteiger partial charge is 0.481 e. The molecule has 1 aromatic rings. The predicted octanol–water partition coefficient (Wildman–Crippen LogP) is 1.57. The summed E-state index contributed by atoms with van der Waals surface area (Å²) in [5.41, 5.74) is -0.968. The van der Waals surface area contributed by atoms with Crippen molar-refractivity contribution in [1.82, 2.24) is 15.2 Å². The first kappa shape index (κ1) is 15.3. The fourth-order valence-corrected chi connectivity index (χ4v) is 2.75. The van der Waals surface area contributed by atoms with E-state index in [1.165, 1.54) is 7.11 Å². The SMILES string of the molecule is COc1n[nH]c(NC(=O)CC2(C(=O)O)CCCCCC2)n1. The van der Waals surface area contributed by atoms with Crippen LogP contribution in [0.15, 0.2) is 0 Å². The number of methoxy groups -OCH3 is 1. The number of hydrogen-bond acceptors (Lipinski definition) is 5. The van der Waals surface area contributed by atoms with Crippen molar-refractivity contribution in [3.05, 3.63) is 0 Å². The van der Waals surface area contributed by atoms with Crippen molar-refractivity contribution in [3.8, 4) is 6.01 Å². The molecule has 1 heterocycles. The Hall–Kier alpha value is -2.12. The van der Waals surface area contributed by atoms with Gasteiger partial charge in [-0.2, -0.15) is 4.98 Å². The molecule has 0 aliphatic heterocycles. The van der Waals surface area contributed by atoms with Crippen LogP contribution in [0.2, 0.25) is 0 Å². The summed E-state index contributed by atoms with van der Waals surface area (Å²) in [6.07, 6.45) is 4.76. The molecule has 21 heavy (non-hydrogen) atoms. The van der Waals surface area contributed by atoms with Gasteiger partial charge in [-0.3, -0.25) is 14.9 Å². The number of carbonyl (C=O) groups is 2. The van der Waals surface area contributed by atoms with Crippen LogP contribution in [0.3, 0.4) is 0 Å². The number of carboxylic acid groups (broad SMARTS) is 1. The molecule has 1 aliphatic rings. The molecule has 1 amide bonds. The number of aliphatic carboxylic acids is 1. The van der Waals surface area contributed by atoms with Crippen LogP contribution in [0.5, 0.6) is 6.01 Å². The Morgan fingerprint density at radius 2 is 2.00 bits per heavy atom. The Morgan fingerprint density at radius 3 is 2.52 bits per heavy atom. The van der Waals surface area contributed by atoms with Gasteiger partial charge in [0.1, 0.15) is 0 Å². The zero-order valence-corrected chi connectivity index (χ0v) is 12.0. The summed E-state index contributed by atoms with van der Waals surface area (Å²) in [6, 6.07) is 0.118. The minimum atomic E-state index is -0.968. The van der Waals surface area contributed by atoms with Crippen molar-refractivity contribution >= 4 is 17.8 Å². The summed E-state index contributed by atoms with van der Waals surface area (Å²) in [7, 11) is 1.42. The van der Waals surface area contributed by atoms with Gasteiger partial charge in [-0.05, 0) is 12.8 Å². The van der Waals surface area contributed by atoms with Crippen molar-refractivity contribution in [3.63, 3.8) is 0 Å². The number of aromatic amines is 1. The van der Waals surface area contributed by atoms with E-state index in [-0.39, 0.29) is 24.3 Å². The Balaban J connectivity index is 2.02. The number of nitrogens with zero attached hydrogens (tertiary/aromatic N) is 2. The van der Waals surface area contributed by atoms with E-state index in [1.54, 1.807) is 0 Å². The van der Waals surface area contributed by atoms with E-state index in [2.05, 4.69) is 20.5 Å². The minimum absolute atomic E-state index is 0.0502. The van der Waals surface area contributed by atoms with Crippen LogP contribution in [0.4, 0.5) is 5.95 Å². The maximum atomic E-state index is 12.1. The lowest BCUT2D eigenvalue weighted by atomic mass is 9.77. The lowest BCUT2D eigenvalue weighted by Gasteiger charge is -2.26. The second kappa shape index (κ2) is 6.55. The first-order chi connectivity index (χ1) is 10.1.